The van der Waals surface area contributed by atoms with Crippen LogP contribution in [0.2, 0.25) is 0 Å². The smallest absolute Gasteiger partial charge is 0.236 e. The molecular formula is C37H51N5O2S. The third-order valence-corrected chi connectivity index (χ3v) is 12.6. The van der Waals surface area contributed by atoms with Crippen LogP contribution < -0.4 is 5.32 Å². The number of rotatable bonds is 9. The summed E-state index contributed by atoms with van der Waals surface area (Å²) >= 11 is 1.91. The Morgan fingerprint density at radius 2 is 1.64 bits per heavy atom. The second-order valence-corrected chi connectivity index (χ2v) is 16.1. The molecule has 1 aliphatic carbocycles. The molecule has 5 heterocycles. The quantitative estimate of drug-likeness (QED) is 0.310. The number of aryl methyl sites for hydroxylation is 2. The maximum Gasteiger partial charge on any atom is 0.236 e. The Morgan fingerprint density at radius 1 is 0.933 bits per heavy atom. The van der Waals surface area contributed by atoms with Crippen LogP contribution in [0.25, 0.3) is 21.5 Å². The molecule has 3 saturated heterocycles. The van der Waals surface area contributed by atoms with Gasteiger partial charge < -0.3 is 20.1 Å². The lowest BCUT2D eigenvalue weighted by Gasteiger charge is -2.36. The minimum Gasteiger partial charge on any atom is -0.353 e. The number of carbonyl (C=O) groups is 2. The number of aromatic nitrogens is 1. The fraction of sp³-hybridized carbons (Fsp3) is 0.622. The zero-order chi connectivity index (χ0) is 31.3. The lowest BCUT2D eigenvalue weighted by molar-refractivity contribution is -0.133. The summed E-state index contributed by atoms with van der Waals surface area (Å²) in [6, 6.07) is 9.71. The van der Waals surface area contributed by atoms with Gasteiger partial charge in [-0.1, -0.05) is 31.0 Å². The van der Waals surface area contributed by atoms with Crippen LogP contribution in [0.1, 0.15) is 73.9 Å². The number of carbonyl (C=O) groups excluding carboxylic acids is 2. The van der Waals surface area contributed by atoms with Crippen molar-refractivity contribution in [3.63, 3.8) is 0 Å². The molecule has 4 aliphatic rings. The van der Waals surface area contributed by atoms with Crippen molar-refractivity contribution in [1.29, 1.82) is 0 Å². The number of nitrogens with one attached hydrogen (secondary N) is 2. The van der Waals surface area contributed by atoms with Crippen molar-refractivity contribution in [3.8, 4) is 11.3 Å². The molecule has 1 saturated carbocycles. The molecule has 2 N–H and O–H groups in total. The predicted octanol–water partition coefficient (Wildman–Crippen LogP) is 5.88. The van der Waals surface area contributed by atoms with E-state index in [4.69, 9.17) is 0 Å². The number of piperidine rings is 2. The third kappa shape index (κ3) is 6.35. The lowest BCUT2D eigenvalue weighted by atomic mass is 9.78. The van der Waals surface area contributed by atoms with E-state index in [9.17, 15) is 9.59 Å². The zero-order valence-corrected chi connectivity index (χ0v) is 28.5. The maximum absolute atomic E-state index is 12.8. The van der Waals surface area contributed by atoms with Crippen LogP contribution in [0.15, 0.2) is 24.3 Å². The monoisotopic (exact) mass is 629 g/mol. The van der Waals surface area contributed by atoms with Crippen LogP contribution in [0.3, 0.4) is 0 Å². The number of H-pyrrole nitrogens is 1. The highest BCUT2D eigenvalue weighted by atomic mass is 32.1. The summed E-state index contributed by atoms with van der Waals surface area (Å²) in [5.41, 5.74) is 6.57. The number of likely N-dealkylation sites (tertiary alicyclic amines) is 1. The van der Waals surface area contributed by atoms with E-state index in [2.05, 4.69) is 77.0 Å². The van der Waals surface area contributed by atoms with Gasteiger partial charge in [0.05, 0.1) is 12.2 Å². The van der Waals surface area contributed by atoms with Gasteiger partial charge in [-0.3, -0.25) is 14.5 Å². The van der Waals surface area contributed by atoms with Crippen LogP contribution in [0.4, 0.5) is 0 Å². The zero-order valence-electron chi connectivity index (χ0n) is 27.7. The molecule has 2 amide bonds. The highest BCUT2D eigenvalue weighted by Gasteiger charge is 2.49. The molecule has 4 fully saturated rings. The second kappa shape index (κ2) is 12.5. The van der Waals surface area contributed by atoms with Gasteiger partial charge in [0, 0.05) is 68.0 Å². The minimum absolute atomic E-state index is 0.0155. The Kier molecular flexibility index (Phi) is 8.59. The average molecular weight is 630 g/mol. The first-order chi connectivity index (χ1) is 21.6. The Balaban J connectivity index is 1.07. The van der Waals surface area contributed by atoms with Crippen molar-refractivity contribution in [3.05, 3.63) is 45.8 Å². The lowest BCUT2D eigenvalue weighted by Crippen LogP contribution is -2.50. The van der Waals surface area contributed by atoms with Crippen LogP contribution in [-0.4, -0.2) is 89.9 Å². The van der Waals surface area contributed by atoms with E-state index in [1.54, 1.807) is 0 Å². The van der Waals surface area contributed by atoms with Crippen LogP contribution in [0.5, 0.6) is 0 Å². The summed E-state index contributed by atoms with van der Waals surface area (Å²) in [5, 5.41) is 4.62. The van der Waals surface area contributed by atoms with E-state index >= 15 is 0 Å². The largest absolute Gasteiger partial charge is 0.353 e. The normalized spacial score (nSPS) is 24.6. The van der Waals surface area contributed by atoms with E-state index < -0.39 is 0 Å². The SMILES string of the molecule is Cc1cc(C)cc(-c2[nH]c3sc(C(C)(C)CC4C5CCC4C(=O)N5)cc3c2CCN2CCN(CC(=O)N3CCCCC3)CC2)c1. The standard InChI is InChI=1S/C37H51N5O2S/c1-24-18-25(2)20-26(19-24)34-27(10-13-40-14-16-41(17-15-40)23-33(43)42-11-6-5-7-12-42)29-21-32(45-36(29)39-34)37(3,4)22-30-28-8-9-31(30)38-35(28)44/h18-21,28,30-31,39H,5-17,22-23H2,1-4H3,(H,38,44). The number of fused-ring (bicyclic) bond motifs is 3. The molecule has 7 rings (SSSR count). The van der Waals surface area contributed by atoms with Crippen molar-refractivity contribution in [1.82, 2.24) is 25.0 Å². The van der Waals surface area contributed by atoms with Crippen molar-refractivity contribution in [2.45, 2.75) is 84.1 Å². The molecule has 8 heteroatoms. The van der Waals surface area contributed by atoms with Crippen molar-refractivity contribution in [2.24, 2.45) is 11.8 Å². The second-order valence-electron chi connectivity index (χ2n) is 15.1. The predicted molar refractivity (Wildman–Crippen MR) is 184 cm³/mol. The van der Waals surface area contributed by atoms with Gasteiger partial charge in [0.15, 0.2) is 0 Å². The first kappa shape index (κ1) is 30.9. The molecule has 3 aromatic rings. The average Bonchev–Trinajstić information content (AvgIpc) is 3.76. The summed E-state index contributed by atoms with van der Waals surface area (Å²) in [7, 11) is 0. The fourth-order valence-corrected chi connectivity index (χ4v) is 9.90. The highest BCUT2D eigenvalue weighted by molar-refractivity contribution is 7.18. The number of thiophene rings is 1. The number of aromatic amines is 1. The molecule has 0 spiro atoms. The first-order valence-corrected chi connectivity index (χ1v) is 18.2. The molecule has 3 aliphatic heterocycles. The van der Waals surface area contributed by atoms with Crippen LogP contribution in [-0.2, 0) is 21.4 Å². The molecule has 0 radical (unpaired) electrons. The van der Waals surface area contributed by atoms with Gasteiger partial charge in [-0.05, 0) is 99.5 Å². The van der Waals surface area contributed by atoms with Gasteiger partial charge in [0.2, 0.25) is 11.8 Å². The number of piperazine rings is 1. The summed E-state index contributed by atoms with van der Waals surface area (Å²) in [5.74, 6) is 1.25. The van der Waals surface area contributed by atoms with Crippen molar-refractivity contribution in [2.75, 3.05) is 52.4 Å². The topological polar surface area (TPSA) is 71.7 Å². The van der Waals surface area contributed by atoms with Gasteiger partial charge in [0.25, 0.3) is 0 Å². The Labute approximate surface area is 272 Å². The summed E-state index contributed by atoms with van der Waals surface area (Å²) in [6.45, 7) is 16.5. The Hall–Kier alpha value is -2.68. The van der Waals surface area contributed by atoms with Gasteiger partial charge in [0.1, 0.15) is 4.83 Å². The molecule has 3 unspecified atom stereocenters. The minimum atomic E-state index is 0.0155. The van der Waals surface area contributed by atoms with Gasteiger partial charge in [-0.25, -0.2) is 0 Å². The van der Waals surface area contributed by atoms with E-state index in [0.29, 0.717) is 24.4 Å². The third-order valence-electron chi connectivity index (χ3n) is 11.2. The summed E-state index contributed by atoms with van der Waals surface area (Å²) < 4.78 is 0. The fourth-order valence-electron chi connectivity index (χ4n) is 8.70. The molecule has 3 atom stereocenters. The van der Waals surface area contributed by atoms with E-state index in [1.165, 1.54) is 49.5 Å². The molecule has 7 nitrogen and oxygen atoms in total. The first-order valence-electron chi connectivity index (χ1n) is 17.4. The number of nitrogens with zero attached hydrogens (tertiary/aromatic N) is 3. The van der Waals surface area contributed by atoms with E-state index in [1.807, 2.05) is 11.3 Å². The molecule has 2 bridgehead atoms. The van der Waals surface area contributed by atoms with E-state index in [-0.39, 0.29) is 17.2 Å². The summed E-state index contributed by atoms with van der Waals surface area (Å²) in [4.78, 5) is 38.9. The van der Waals surface area contributed by atoms with Gasteiger partial charge >= 0.3 is 0 Å². The van der Waals surface area contributed by atoms with Gasteiger partial charge in [-0.2, -0.15) is 0 Å². The van der Waals surface area contributed by atoms with E-state index in [0.717, 1.165) is 84.3 Å². The molecule has 1 aromatic carbocycles. The van der Waals surface area contributed by atoms with Crippen LogP contribution in [0, 0.1) is 25.7 Å². The number of hydrogen-bond acceptors (Lipinski definition) is 5. The summed E-state index contributed by atoms with van der Waals surface area (Å²) in [6.07, 6.45) is 7.79. The molecule has 242 valence electrons. The van der Waals surface area contributed by atoms with Crippen LogP contribution >= 0.6 is 11.3 Å². The Bertz CT molecular complexity index is 1540. The maximum atomic E-state index is 12.8. The Morgan fingerprint density at radius 3 is 2.31 bits per heavy atom. The van der Waals surface area contributed by atoms with Crippen molar-refractivity contribution >= 4 is 33.4 Å². The van der Waals surface area contributed by atoms with Gasteiger partial charge in [-0.15, -0.1) is 11.3 Å². The molecule has 2 aromatic heterocycles. The highest BCUT2D eigenvalue weighted by Crippen LogP contribution is 2.47. The molecule has 45 heavy (non-hydrogen) atoms. The molecular weight excluding hydrogens is 579 g/mol. The number of amides is 2. The van der Waals surface area contributed by atoms with Crippen molar-refractivity contribution < 1.29 is 9.59 Å². The number of hydrogen-bond donors (Lipinski definition) is 2. The number of benzene rings is 1.